The summed E-state index contributed by atoms with van der Waals surface area (Å²) < 4.78 is 0. The predicted molar refractivity (Wildman–Crippen MR) is 56.0 cm³/mol. The molecule has 4 nitrogen and oxygen atoms in total. The summed E-state index contributed by atoms with van der Waals surface area (Å²) in [5.74, 6) is -1.14. The van der Waals surface area contributed by atoms with E-state index in [1.54, 1.807) is 12.3 Å². The molecule has 0 aromatic carbocycles. The van der Waals surface area contributed by atoms with Crippen LogP contribution in [0.5, 0.6) is 0 Å². The summed E-state index contributed by atoms with van der Waals surface area (Å²) in [6.07, 6.45) is 1.65. The van der Waals surface area contributed by atoms with Gasteiger partial charge in [0, 0.05) is 25.2 Å². The highest BCUT2D eigenvalue weighted by Gasteiger charge is 2.33. The van der Waals surface area contributed by atoms with Gasteiger partial charge in [0.15, 0.2) is 0 Å². The largest absolute Gasteiger partial charge is 0.481 e. The van der Waals surface area contributed by atoms with E-state index in [1.165, 1.54) is 0 Å². The lowest BCUT2D eigenvalue weighted by Crippen LogP contribution is -2.21. The Morgan fingerprint density at radius 3 is 2.93 bits per heavy atom. The number of aromatic nitrogens is 1. The number of carboxylic acids is 1. The summed E-state index contributed by atoms with van der Waals surface area (Å²) in [5.41, 5.74) is 0.928. The minimum Gasteiger partial charge on any atom is -0.481 e. The van der Waals surface area contributed by atoms with Crippen LogP contribution in [0.4, 0.5) is 0 Å². The second-order valence-electron chi connectivity index (χ2n) is 3.62. The zero-order valence-electron chi connectivity index (χ0n) is 7.98. The van der Waals surface area contributed by atoms with Crippen LogP contribution in [0.15, 0.2) is 18.3 Å². The summed E-state index contributed by atoms with van der Waals surface area (Å²) in [5, 5.41) is 12.5. The molecule has 2 N–H and O–H groups in total. The first-order valence-corrected chi connectivity index (χ1v) is 5.11. The monoisotopic (exact) mass is 226 g/mol. The molecule has 1 aliphatic rings. The SMILES string of the molecule is O=C(O)C1CNCC1c1ccc(Cl)nc1. The van der Waals surface area contributed by atoms with Crippen LogP contribution in [0.3, 0.4) is 0 Å². The molecule has 15 heavy (non-hydrogen) atoms. The highest BCUT2D eigenvalue weighted by atomic mass is 35.5. The first-order valence-electron chi connectivity index (χ1n) is 4.73. The van der Waals surface area contributed by atoms with Gasteiger partial charge in [-0.2, -0.15) is 0 Å². The number of halogens is 1. The molecule has 0 spiro atoms. The number of nitrogens with one attached hydrogen (secondary N) is 1. The van der Waals surface area contributed by atoms with Crippen LogP contribution in [-0.4, -0.2) is 29.1 Å². The van der Waals surface area contributed by atoms with Crippen molar-refractivity contribution in [3.05, 3.63) is 29.0 Å². The van der Waals surface area contributed by atoms with E-state index < -0.39 is 5.97 Å². The van der Waals surface area contributed by atoms with Gasteiger partial charge < -0.3 is 10.4 Å². The van der Waals surface area contributed by atoms with E-state index in [9.17, 15) is 4.79 Å². The Balaban J connectivity index is 2.22. The molecule has 1 aromatic rings. The molecule has 1 aliphatic heterocycles. The quantitative estimate of drug-likeness (QED) is 0.742. The lowest BCUT2D eigenvalue weighted by Gasteiger charge is -2.14. The number of aliphatic carboxylic acids is 1. The Kier molecular flexibility index (Phi) is 2.88. The van der Waals surface area contributed by atoms with Gasteiger partial charge in [0.05, 0.1) is 5.92 Å². The Hall–Kier alpha value is -1.13. The standard InChI is InChI=1S/C10H11ClN2O2/c11-9-2-1-6(3-13-9)7-4-12-5-8(7)10(14)15/h1-3,7-8,12H,4-5H2,(H,14,15). The van der Waals surface area contributed by atoms with Crippen LogP contribution >= 0.6 is 11.6 Å². The van der Waals surface area contributed by atoms with Gasteiger partial charge in [0.25, 0.3) is 0 Å². The second kappa shape index (κ2) is 4.16. The van der Waals surface area contributed by atoms with Crippen molar-refractivity contribution < 1.29 is 9.90 Å². The number of rotatable bonds is 2. The van der Waals surface area contributed by atoms with Crippen molar-refractivity contribution in [1.29, 1.82) is 0 Å². The molecule has 1 aromatic heterocycles. The highest BCUT2D eigenvalue weighted by molar-refractivity contribution is 6.29. The maximum atomic E-state index is 11.0. The van der Waals surface area contributed by atoms with Crippen molar-refractivity contribution in [1.82, 2.24) is 10.3 Å². The Labute approximate surface area is 92.3 Å². The minimum atomic E-state index is -0.764. The van der Waals surface area contributed by atoms with Gasteiger partial charge in [-0.3, -0.25) is 4.79 Å². The first-order chi connectivity index (χ1) is 7.18. The van der Waals surface area contributed by atoms with Crippen LogP contribution in [0.2, 0.25) is 5.15 Å². The van der Waals surface area contributed by atoms with Crippen LogP contribution in [0, 0.1) is 5.92 Å². The normalized spacial score (nSPS) is 25.4. The second-order valence-corrected chi connectivity index (χ2v) is 4.01. The van der Waals surface area contributed by atoms with Gasteiger partial charge in [-0.05, 0) is 11.6 Å². The third-order valence-electron chi connectivity index (χ3n) is 2.71. The zero-order chi connectivity index (χ0) is 10.8. The van der Waals surface area contributed by atoms with E-state index in [0.29, 0.717) is 18.2 Å². The molecule has 2 unspecified atom stereocenters. The topological polar surface area (TPSA) is 62.2 Å². The molecular formula is C10H11ClN2O2. The highest BCUT2D eigenvalue weighted by Crippen LogP contribution is 2.28. The lowest BCUT2D eigenvalue weighted by molar-refractivity contribution is -0.141. The number of carboxylic acid groups (broad SMARTS) is 1. The smallest absolute Gasteiger partial charge is 0.308 e. The van der Waals surface area contributed by atoms with Crippen molar-refractivity contribution in [3.63, 3.8) is 0 Å². The van der Waals surface area contributed by atoms with E-state index in [1.807, 2.05) is 6.07 Å². The number of carbonyl (C=O) groups is 1. The summed E-state index contributed by atoms with van der Waals surface area (Å²) in [4.78, 5) is 14.9. The Morgan fingerprint density at radius 1 is 1.53 bits per heavy atom. The molecule has 0 bridgehead atoms. The number of hydrogen-bond donors (Lipinski definition) is 2. The molecule has 2 rings (SSSR count). The average Bonchev–Trinajstić information content (AvgIpc) is 2.67. The molecule has 2 heterocycles. The van der Waals surface area contributed by atoms with Crippen molar-refractivity contribution >= 4 is 17.6 Å². The maximum absolute atomic E-state index is 11.0. The molecular weight excluding hydrogens is 216 g/mol. The molecule has 0 saturated carbocycles. The molecule has 1 fully saturated rings. The molecule has 5 heteroatoms. The Bertz CT molecular complexity index is 366. The maximum Gasteiger partial charge on any atom is 0.308 e. The number of nitrogens with zero attached hydrogens (tertiary/aromatic N) is 1. The van der Waals surface area contributed by atoms with Gasteiger partial charge in [0.2, 0.25) is 0 Å². The fourth-order valence-corrected chi connectivity index (χ4v) is 2.01. The van der Waals surface area contributed by atoms with Crippen LogP contribution in [0.1, 0.15) is 11.5 Å². The van der Waals surface area contributed by atoms with Gasteiger partial charge in [-0.25, -0.2) is 4.98 Å². The van der Waals surface area contributed by atoms with Crippen LogP contribution in [-0.2, 0) is 4.79 Å². The van der Waals surface area contributed by atoms with Gasteiger partial charge >= 0.3 is 5.97 Å². The van der Waals surface area contributed by atoms with Crippen molar-refractivity contribution in [2.24, 2.45) is 5.92 Å². The fraction of sp³-hybridized carbons (Fsp3) is 0.400. The van der Waals surface area contributed by atoms with E-state index in [0.717, 1.165) is 5.56 Å². The molecule has 1 saturated heterocycles. The van der Waals surface area contributed by atoms with E-state index >= 15 is 0 Å². The van der Waals surface area contributed by atoms with Crippen LogP contribution in [0.25, 0.3) is 0 Å². The van der Waals surface area contributed by atoms with Gasteiger partial charge in [0.1, 0.15) is 5.15 Å². The first kappa shape index (κ1) is 10.4. The third kappa shape index (κ3) is 2.11. The lowest BCUT2D eigenvalue weighted by atomic mass is 9.90. The third-order valence-corrected chi connectivity index (χ3v) is 2.93. The molecule has 0 radical (unpaired) electrons. The van der Waals surface area contributed by atoms with Crippen LogP contribution < -0.4 is 5.32 Å². The minimum absolute atomic E-state index is 0.00716. The predicted octanol–water partition coefficient (Wildman–Crippen LogP) is 1.12. The molecule has 80 valence electrons. The van der Waals surface area contributed by atoms with E-state index in [-0.39, 0.29) is 11.8 Å². The van der Waals surface area contributed by atoms with Crippen molar-refractivity contribution in [2.75, 3.05) is 13.1 Å². The average molecular weight is 227 g/mol. The summed E-state index contributed by atoms with van der Waals surface area (Å²) in [6.45, 7) is 1.20. The number of pyridine rings is 1. The molecule has 0 aliphatic carbocycles. The van der Waals surface area contributed by atoms with E-state index in [2.05, 4.69) is 10.3 Å². The summed E-state index contributed by atoms with van der Waals surface area (Å²) >= 11 is 5.67. The van der Waals surface area contributed by atoms with Gasteiger partial charge in [-0.1, -0.05) is 17.7 Å². The van der Waals surface area contributed by atoms with Gasteiger partial charge in [-0.15, -0.1) is 0 Å². The number of hydrogen-bond acceptors (Lipinski definition) is 3. The fourth-order valence-electron chi connectivity index (χ4n) is 1.90. The zero-order valence-corrected chi connectivity index (χ0v) is 8.74. The Morgan fingerprint density at radius 2 is 2.33 bits per heavy atom. The van der Waals surface area contributed by atoms with E-state index in [4.69, 9.17) is 16.7 Å². The molecule has 2 atom stereocenters. The summed E-state index contributed by atoms with van der Waals surface area (Å²) in [6, 6.07) is 3.52. The molecule has 0 amide bonds. The van der Waals surface area contributed by atoms with Crippen molar-refractivity contribution in [3.8, 4) is 0 Å². The summed E-state index contributed by atoms with van der Waals surface area (Å²) in [7, 11) is 0. The van der Waals surface area contributed by atoms with Crippen molar-refractivity contribution in [2.45, 2.75) is 5.92 Å².